The minimum absolute atomic E-state index is 0.214. The van der Waals surface area contributed by atoms with Crippen molar-refractivity contribution in [3.8, 4) is 6.07 Å². The summed E-state index contributed by atoms with van der Waals surface area (Å²) in [4.78, 5) is 0. The Balaban J connectivity index is 2.16. The second-order valence-corrected chi connectivity index (χ2v) is 4.75. The summed E-state index contributed by atoms with van der Waals surface area (Å²) < 4.78 is 27.0. The van der Waals surface area contributed by atoms with Crippen LogP contribution in [0.1, 0.15) is 11.1 Å². The van der Waals surface area contributed by atoms with Gasteiger partial charge >= 0.3 is 0 Å². The number of hydrogen-bond donors (Lipinski definition) is 1. The minimum Gasteiger partial charge on any atom is -0.380 e. The van der Waals surface area contributed by atoms with Crippen molar-refractivity contribution in [3.05, 3.63) is 63.6 Å². The number of hydrogen-bond acceptors (Lipinski definition) is 2. The van der Waals surface area contributed by atoms with Crippen molar-refractivity contribution in [3.63, 3.8) is 0 Å². The molecule has 0 aliphatic rings. The summed E-state index contributed by atoms with van der Waals surface area (Å²) >= 11 is 3.22. The summed E-state index contributed by atoms with van der Waals surface area (Å²) in [5.74, 6) is -0.736. The zero-order valence-corrected chi connectivity index (χ0v) is 11.3. The van der Waals surface area contributed by atoms with E-state index in [0.29, 0.717) is 21.3 Å². The number of anilines is 1. The monoisotopic (exact) mass is 322 g/mol. The summed E-state index contributed by atoms with van der Waals surface area (Å²) in [6.07, 6.45) is 0. The standard InChI is InChI=1S/C14H9BrF2N2/c15-12-6-11(16)2-4-14(12)19-8-10-5-9(7-18)1-3-13(10)17/h1-6,19H,8H2. The van der Waals surface area contributed by atoms with Crippen LogP contribution in [0.25, 0.3) is 0 Å². The normalized spacial score (nSPS) is 10.0. The van der Waals surface area contributed by atoms with E-state index in [-0.39, 0.29) is 18.2 Å². The third-order valence-electron chi connectivity index (χ3n) is 2.58. The lowest BCUT2D eigenvalue weighted by Crippen LogP contribution is -2.03. The molecule has 0 saturated heterocycles. The molecule has 0 spiro atoms. The van der Waals surface area contributed by atoms with Gasteiger partial charge in [0.1, 0.15) is 11.6 Å². The van der Waals surface area contributed by atoms with Gasteiger partial charge in [0.2, 0.25) is 0 Å². The Kier molecular flexibility index (Phi) is 4.13. The van der Waals surface area contributed by atoms with Crippen LogP contribution in [-0.4, -0.2) is 0 Å². The van der Waals surface area contributed by atoms with Crippen molar-refractivity contribution in [1.82, 2.24) is 0 Å². The van der Waals surface area contributed by atoms with Gasteiger partial charge in [-0.1, -0.05) is 0 Å². The van der Waals surface area contributed by atoms with Gasteiger partial charge in [-0.15, -0.1) is 0 Å². The quantitative estimate of drug-likeness (QED) is 0.918. The molecular weight excluding hydrogens is 314 g/mol. The van der Waals surface area contributed by atoms with Crippen molar-refractivity contribution < 1.29 is 8.78 Å². The molecule has 0 aliphatic heterocycles. The summed E-state index contributed by atoms with van der Waals surface area (Å²) in [6, 6.07) is 10.3. The van der Waals surface area contributed by atoms with Gasteiger partial charge in [0.25, 0.3) is 0 Å². The number of benzene rings is 2. The molecule has 0 radical (unpaired) electrons. The Morgan fingerprint density at radius 1 is 1.16 bits per heavy atom. The van der Waals surface area contributed by atoms with Gasteiger partial charge in [-0.05, 0) is 52.3 Å². The van der Waals surface area contributed by atoms with Crippen molar-refractivity contribution in [2.75, 3.05) is 5.32 Å². The van der Waals surface area contributed by atoms with E-state index in [1.54, 1.807) is 6.07 Å². The van der Waals surface area contributed by atoms with Crippen LogP contribution in [0.2, 0.25) is 0 Å². The number of nitrogens with zero attached hydrogens (tertiary/aromatic N) is 1. The van der Waals surface area contributed by atoms with E-state index in [0.717, 1.165) is 0 Å². The predicted octanol–water partition coefficient (Wildman–Crippen LogP) is 4.21. The molecule has 5 heteroatoms. The lowest BCUT2D eigenvalue weighted by atomic mass is 10.1. The first-order valence-electron chi connectivity index (χ1n) is 5.47. The van der Waals surface area contributed by atoms with Crippen LogP contribution in [0.3, 0.4) is 0 Å². The Morgan fingerprint density at radius 2 is 1.95 bits per heavy atom. The molecule has 2 nitrogen and oxygen atoms in total. The minimum atomic E-state index is -0.385. The molecular formula is C14H9BrF2N2. The molecule has 19 heavy (non-hydrogen) atoms. The average molecular weight is 323 g/mol. The van der Waals surface area contributed by atoms with E-state index >= 15 is 0 Å². The summed E-state index contributed by atoms with van der Waals surface area (Å²) in [6.45, 7) is 0.214. The van der Waals surface area contributed by atoms with Crippen LogP contribution in [0.5, 0.6) is 0 Å². The second kappa shape index (κ2) is 5.81. The van der Waals surface area contributed by atoms with Gasteiger partial charge in [-0.3, -0.25) is 0 Å². The Labute approximate surface area is 117 Å². The van der Waals surface area contributed by atoms with E-state index in [2.05, 4.69) is 21.2 Å². The zero-order chi connectivity index (χ0) is 13.8. The summed E-state index contributed by atoms with van der Waals surface area (Å²) in [5, 5.41) is 11.8. The molecule has 0 atom stereocenters. The Morgan fingerprint density at radius 3 is 2.63 bits per heavy atom. The van der Waals surface area contributed by atoms with Gasteiger partial charge in [0.05, 0.1) is 11.6 Å². The van der Waals surface area contributed by atoms with E-state index in [9.17, 15) is 8.78 Å². The van der Waals surface area contributed by atoms with E-state index in [1.807, 2.05) is 6.07 Å². The fourth-order valence-corrected chi connectivity index (χ4v) is 2.09. The fourth-order valence-electron chi connectivity index (χ4n) is 1.60. The van der Waals surface area contributed by atoms with Gasteiger partial charge in [-0.2, -0.15) is 5.26 Å². The van der Waals surface area contributed by atoms with Crippen LogP contribution >= 0.6 is 15.9 Å². The summed E-state index contributed by atoms with van der Waals surface area (Å²) in [5.41, 5.74) is 1.44. The lowest BCUT2D eigenvalue weighted by Gasteiger charge is -2.09. The molecule has 96 valence electrons. The molecule has 0 aliphatic carbocycles. The maximum absolute atomic E-state index is 13.6. The highest BCUT2D eigenvalue weighted by molar-refractivity contribution is 9.10. The molecule has 2 aromatic carbocycles. The zero-order valence-electron chi connectivity index (χ0n) is 9.75. The molecule has 0 fully saturated rings. The Hall–Kier alpha value is -1.93. The van der Waals surface area contributed by atoms with Crippen LogP contribution < -0.4 is 5.32 Å². The van der Waals surface area contributed by atoms with E-state index in [4.69, 9.17) is 5.26 Å². The molecule has 0 aromatic heterocycles. The predicted molar refractivity (Wildman–Crippen MR) is 72.5 cm³/mol. The van der Waals surface area contributed by atoms with Crippen LogP contribution in [-0.2, 0) is 6.54 Å². The first kappa shape index (κ1) is 13.5. The van der Waals surface area contributed by atoms with Crippen LogP contribution in [0, 0.1) is 23.0 Å². The highest BCUT2D eigenvalue weighted by Gasteiger charge is 2.05. The van der Waals surface area contributed by atoms with Gasteiger partial charge < -0.3 is 5.32 Å². The SMILES string of the molecule is N#Cc1ccc(F)c(CNc2ccc(F)cc2Br)c1. The molecule has 0 bridgehead atoms. The van der Waals surface area contributed by atoms with Crippen molar-refractivity contribution in [1.29, 1.82) is 5.26 Å². The van der Waals surface area contributed by atoms with E-state index < -0.39 is 0 Å². The first-order chi connectivity index (χ1) is 9.10. The highest BCUT2D eigenvalue weighted by atomic mass is 79.9. The first-order valence-corrected chi connectivity index (χ1v) is 6.27. The van der Waals surface area contributed by atoms with Crippen molar-refractivity contribution in [2.45, 2.75) is 6.54 Å². The molecule has 2 aromatic rings. The van der Waals surface area contributed by atoms with E-state index in [1.165, 1.54) is 30.3 Å². The van der Waals surface area contributed by atoms with Crippen molar-refractivity contribution in [2.24, 2.45) is 0 Å². The maximum Gasteiger partial charge on any atom is 0.128 e. The number of halogens is 3. The Bertz CT molecular complexity index is 650. The molecule has 0 heterocycles. The average Bonchev–Trinajstić information content (AvgIpc) is 2.39. The third-order valence-corrected chi connectivity index (χ3v) is 3.23. The van der Waals surface area contributed by atoms with Crippen molar-refractivity contribution >= 4 is 21.6 Å². The molecule has 0 saturated carbocycles. The molecule has 2 rings (SSSR count). The number of rotatable bonds is 3. The van der Waals surface area contributed by atoms with Gasteiger partial charge in [0, 0.05) is 22.3 Å². The number of nitriles is 1. The summed E-state index contributed by atoms with van der Waals surface area (Å²) in [7, 11) is 0. The molecule has 0 unspecified atom stereocenters. The smallest absolute Gasteiger partial charge is 0.128 e. The topological polar surface area (TPSA) is 35.8 Å². The van der Waals surface area contributed by atoms with Gasteiger partial charge in [0.15, 0.2) is 0 Å². The molecule has 1 N–H and O–H groups in total. The van der Waals surface area contributed by atoms with Gasteiger partial charge in [-0.25, -0.2) is 8.78 Å². The van der Waals surface area contributed by atoms with Crippen LogP contribution in [0.15, 0.2) is 40.9 Å². The maximum atomic E-state index is 13.6. The highest BCUT2D eigenvalue weighted by Crippen LogP contribution is 2.24. The lowest BCUT2D eigenvalue weighted by molar-refractivity contribution is 0.612. The number of nitrogens with one attached hydrogen (secondary N) is 1. The third kappa shape index (κ3) is 3.30. The molecule has 0 amide bonds. The van der Waals surface area contributed by atoms with Crippen LogP contribution in [0.4, 0.5) is 14.5 Å². The largest absolute Gasteiger partial charge is 0.380 e. The fraction of sp³-hybridized carbons (Fsp3) is 0.0714. The second-order valence-electron chi connectivity index (χ2n) is 3.90.